The molecule has 0 spiro atoms. The number of likely N-dealkylation sites (tertiary alicyclic amines) is 1. The van der Waals surface area contributed by atoms with Crippen LogP contribution in [-0.2, 0) is 4.79 Å². The summed E-state index contributed by atoms with van der Waals surface area (Å²) < 4.78 is 0. The smallest absolute Gasteiger partial charge is 0.326 e. The highest BCUT2D eigenvalue weighted by Gasteiger charge is 2.35. The van der Waals surface area contributed by atoms with Crippen molar-refractivity contribution in [2.24, 2.45) is 0 Å². The Morgan fingerprint density at radius 3 is 2.72 bits per heavy atom. The van der Waals surface area contributed by atoms with Gasteiger partial charge in [-0.15, -0.1) is 0 Å². The van der Waals surface area contributed by atoms with Gasteiger partial charge in [-0.3, -0.25) is 14.6 Å². The number of nitrogens with zero attached hydrogens (tertiary/aromatic N) is 3. The SMILES string of the molecule is CN1C(=O)CC(CN2CCCC(O)C2)N(C)C1=O. The maximum absolute atomic E-state index is 11.8. The summed E-state index contributed by atoms with van der Waals surface area (Å²) in [6.45, 7) is 2.24. The number of piperidine rings is 1. The van der Waals surface area contributed by atoms with Crippen LogP contribution >= 0.6 is 0 Å². The predicted octanol–water partition coefficient (Wildman–Crippen LogP) is -0.274. The summed E-state index contributed by atoms with van der Waals surface area (Å²) >= 11 is 0. The quantitative estimate of drug-likeness (QED) is 0.737. The van der Waals surface area contributed by atoms with Crippen molar-refractivity contribution in [2.75, 3.05) is 33.7 Å². The lowest BCUT2D eigenvalue weighted by molar-refractivity contribution is -0.131. The molecule has 0 saturated carbocycles. The van der Waals surface area contributed by atoms with Crippen LogP contribution in [0, 0.1) is 0 Å². The normalized spacial score (nSPS) is 31.1. The molecule has 2 rings (SSSR count). The van der Waals surface area contributed by atoms with E-state index in [1.165, 1.54) is 11.9 Å². The van der Waals surface area contributed by atoms with Crippen molar-refractivity contribution in [1.82, 2.24) is 14.7 Å². The molecule has 18 heavy (non-hydrogen) atoms. The Balaban J connectivity index is 1.96. The van der Waals surface area contributed by atoms with Gasteiger partial charge in [0, 0.05) is 33.6 Å². The number of carbonyl (C=O) groups excluding carboxylic acids is 2. The first-order valence-electron chi connectivity index (χ1n) is 6.43. The third kappa shape index (κ3) is 2.64. The Morgan fingerprint density at radius 1 is 1.33 bits per heavy atom. The number of likely N-dealkylation sites (N-methyl/N-ethyl adjacent to an activating group) is 1. The second kappa shape index (κ2) is 5.24. The Hall–Kier alpha value is -1.14. The van der Waals surface area contributed by atoms with E-state index in [0.29, 0.717) is 19.5 Å². The molecule has 0 bridgehead atoms. The number of hydrogen-bond donors (Lipinski definition) is 1. The fraction of sp³-hybridized carbons (Fsp3) is 0.833. The van der Waals surface area contributed by atoms with Gasteiger partial charge in [0.15, 0.2) is 0 Å². The van der Waals surface area contributed by atoms with Gasteiger partial charge in [-0.2, -0.15) is 0 Å². The standard InChI is InChI=1S/C12H21N3O3/c1-13-9(6-11(17)14(2)12(13)18)7-15-5-3-4-10(16)8-15/h9-10,16H,3-8H2,1-2H3. The van der Waals surface area contributed by atoms with E-state index in [2.05, 4.69) is 4.90 Å². The Bertz CT molecular complexity index is 347. The summed E-state index contributed by atoms with van der Waals surface area (Å²) in [7, 11) is 3.25. The Labute approximate surface area is 107 Å². The van der Waals surface area contributed by atoms with Crippen LogP contribution in [0.2, 0.25) is 0 Å². The molecule has 2 saturated heterocycles. The molecule has 2 heterocycles. The average molecular weight is 255 g/mol. The first-order valence-corrected chi connectivity index (χ1v) is 6.43. The van der Waals surface area contributed by atoms with Crippen LogP contribution in [0.5, 0.6) is 0 Å². The molecule has 0 radical (unpaired) electrons. The first-order chi connectivity index (χ1) is 8.49. The minimum Gasteiger partial charge on any atom is -0.392 e. The number of urea groups is 1. The second-order valence-electron chi connectivity index (χ2n) is 5.26. The molecule has 2 fully saturated rings. The molecule has 3 amide bonds. The molecule has 6 nitrogen and oxygen atoms in total. The van der Waals surface area contributed by atoms with E-state index in [0.717, 1.165) is 19.4 Å². The summed E-state index contributed by atoms with van der Waals surface area (Å²) in [5, 5.41) is 9.62. The largest absolute Gasteiger partial charge is 0.392 e. The van der Waals surface area contributed by atoms with E-state index < -0.39 is 0 Å². The zero-order valence-electron chi connectivity index (χ0n) is 11.0. The van der Waals surface area contributed by atoms with Gasteiger partial charge in [0.25, 0.3) is 0 Å². The zero-order chi connectivity index (χ0) is 13.3. The van der Waals surface area contributed by atoms with E-state index in [1.54, 1.807) is 11.9 Å². The average Bonchev–Trinajstić information content (AvgIpc) is 2.33. The van der Waals surface area contributed by atoms with Crippen molar-refractivity contribution in [3.05, 3.63) is 0 Å². The van der Waals surface area contributed by atoms with Crippen molar-refractivity contribution in [2.45, 2.75) is 31.4 Å². The molecule has 2 aliphatic rings. The van der Waals surface area contributed by atoms with Gasteiger partial charge in [0.05, 0.1) is 12.1 Å². The molecule has 6 heteroatoms. The van der Waals surface area contributed by atoms with Crippen LogP contribution in [0.25, 0.3) is 0 Å². The molecule has 0 aromatic heterocycles. The summed E-state index contributed by atoms with van der Waals surface area (Å²) in [5.41, 5.74) is 0. The molecule has 2 atom stereocenters. The van der Waals surface area contributed by atoms with Gasteiger partial charge in [-0.25, -0.2) is 4.79 Å². The van der Waals surface area contributed by atoms with Crippen LogP contribution in [0.15, 0.2) is 0 Å². The van der Waals surface area contributed by atoms with Crippen molar-refractivity contribution < 1.29 is 14.7 Å². The highest BCUT2D eigenvalue weighted by atomic mass is 16.3. The minimum atomic E-state index is -0.276. The molecule has 2 unspecified atom stereocenters. The summed E-state index contributed by atoms with van der Waals surface area (Å²) in [6, 6.07) is -0.319. The number of carbonyl (C=O) groups is 2. The maximum atomic E-state index is 11.8. The molecule has 0 aliphatic carbocycles. The van der Waals surface area contributed by atoms with Crippen molar-refractivity contribution in [3.63, 3.8) is 0 Å². The van der Waals surface area contributed by atoms with Crippen molar-refractivity contribution >= 4 is 11.9 Å². The number of amides is 3. The molecular weight excluding hydrogens is 234 g/mol. The lowest BCUT2D eigenvalue weighted by atomic mass is 10.0. The van der Waals surface area contributed by atoms with Crippen LogP contribution in [0.3, 0.4) is 0 Å². The van der Waals surface area contributed by atoms with Crippen molar-refractivity contribution in [3.8, 4) is 0 Å². The topological polar surface area (TPSA) is 64.1 Å². The Kier molecular flexibility index (Phi) is 3.87. The van der Waals surface area contributed by atoms with E-state index in [4.69, 9.17) is 0 Å². The summed E-state index contributed by atoms with van der Waals surface area (Å²) in [4.78, 5) is 28.4. The van der Waals surface area contributed by atoms with Crippen LogP contribution in [0.1, 0.15) is 19.3 Å². The third-order valence-electron chi connectivity index (χ3n) is 3.87. The first kappa shape index (κ1) is 13.3. The number of hydrogen-bond acceptors (Lipinski definition) is 4. The number of imide groups is 1. The monoisotopic (exact) mass is 255 g/mol. The molecule has 102 valence electrons. The van der Waals surface area contributed by atoms with E-state index in [1.807, 2.05) is 0 Å². The fourth-order valence-electron chi connectivity index (χ4n) is 2.66. The molecule has 0 aromatic carbocycles. The van der Waals surface area contributed by atoms with Crippen LogP contribution in [-0.4, -0.2) is 77.6 Å². The summed E-state index contributed by atoms with van der Waals surface area (Å²) in [5.74, 6) is -0.124. The van der Waals surface area contributed by atoms with Gasteiger partial charge in [0.1, 0.15) is 0 Å². The number of rotatable bonds is 2. The maximum Gasteiger partial charge on any atom is 0.326 e. The van der Waals surface area contributed by atoms with Gasteiger partial charge in [0.2, 0.25) is 5.91 Å². The van der Waals surface area contributed by atoms with E-state index >= 15 is 0 Å². The van der Waals surface area contributed by atoms with Crippen molar-refractivity contribution in [1.29, 1.82) is 0 Å². The van der Waals surface area contributed by atoms with Gasteiger partial charge in [-0.1, -0.05) is 0 Å². The zero-order valence-corrected chi connectivity index (χ0v) is 11.0. The van der Waals surface area contributed by atoms with E-state index in [-0.39, 0.29) is 24.1 Å². The third-order valence-corrected chi connectivity index (χ3v) is 3.87. The highest BCUT2D eigenvalue weighted by Crippen LogP contribution is 2.18. The summed E-state index contributed by atoms with van der Waals surface area (Å²) in [6.07, 6.45) is 1.91. The van der Waals surface area contributed by atoms with Crippen LogP contribution < -0.4 is 0 Å². The number of aliphatic hydroxyl groups excluding tert-OH is 1. The predicted molar refractivity (Wildman–Crippen MR) is 66.0 cm³/mol. The highest BCUT2D eigenvalue weighted by molar-refractivity contribution is 5.96. The number of aliphatic hydroxyl groups is 1. The van der Waals surface area contributed by atoms with Gasteiger partial charge < -0.3 is 10.0 Å². The lowest BCUT2D eigenvalue weighted by Crippen LogP contribution is -2.57. The van der Waals surface area contributed by atoms with Crippen LogP contribution in [0.4, 0.5) is 4.79 Å². The van der Waals surface area contributed by atoms with Gasteiger partial charge >= 0.3 is 6.03 Å². The molecule has 2 aliphatic heterocycles. The molecular formula is C12H21N3O3. The minimum absolute atomic E-state index is 0.0773. The number of β-amino-alcohol motifs (C(OH)–C–C–N with tert-alkyl or cyclic N) is 1. The second-order valence-corrected chi connectivity index (χ2v) is 5.26. The fourth-order valence-corrected chi connectivity index (χ4v) is 2.66. The van der Waals surface area contributed by atoms with Gasteiger partial charge in [-0.05, 0) is 19.4 Å². The molecule has 0 aromatic rings. The Morgan fingerprint density at radius 2 is 2.06 bits per heavy atom. The lowest BCUT2D eigenvalue weighted by Gasteiger charge is -2.40. The van der Waals surface area contributed by atoms with E-state index in [9.17, 15) is 14.7 Å². The molecule has 1 N–H and O–H groups in total.